The number of rotatable bonds is 7. The van der Waals surface area contributed by atoms with Crippen molar-refractivity contribution in [3.8, 4) is 0 Å². The van der Waals surface area contributed by atoms with E-state index in [-0.39, 0.29) is 6.42 Å². The Morgan fingerprint density at radius 2 is 2.38 bits per heavy atom. The predicted octanol–water partition coefficient (Wildman–Crippen LogP) is 1.60. The van der Waals surface area contributed by atoms with Crippen LogP contribution in [0.3, 0.4) is 0 Å². The molecule has 0 saturated carbocycles. The number of aliphatic carboxylic acids is 1. The number of carbonyl (C=O) groups is 1. The molecule has 1 aromatic heterocycles. The smallest absolute Gasteiger partial charge is 0.303 e. The van der Waals surface area contributed by atoms with E-state index in [1.54, 1.807) is 6.20 Å². The maximum atomic E-state index is 10.3. The fourth-order valence-electron chi connectivity index (χ4n) is 1.52. The number of pyridine rings is 1. The van der Waals surface area contributed by atoms with Gasteiger partial charge in [0.25, 0.3) is 0 Å². The van der Waals surface area contributed by atoms with E-state index in [0.717, 1.165) is 12.1 Å². The molecule has 0 unspecified atom stereocenters. The van der Waals surface area contributed by atoms with Crippen LogP contribution in [0.25, 0.3) is 0 Å². The minimum Gasteiger partial charge on any atom is -0.481 e. The van der Waals surface area contributed by atoms with Crippen LogP contribution < -0.4 is 5.32 Å². The number of hydrogen-bond donors (Lipinski definition) is 2. The van der Waals surface area contributed by atoms with Gasteiger partial charge < -0.3 is 10.4 Å². The van der Waals surface area contributed by atoms with Crippen molar-refractivity contribution >= 4 is 5.97 Å². The topological polar surface area (TPSA) is 62.2 Å². The zero-order chi connectivity index (χ0) is 11.8. The van der Waals surface area contributed by atoms with Crippen molar-refractivity contribution in [1.29, 1.82) is 0 Å². The molecule has 1 aromatic rings. The summed E-state index contributed by atoms with van der Waals surface area (Å²) in [5.74, 6) is -0.742. The first kappa shape index (κ1) is 12.6. The highest BCUT2D eigenvalue weighted by Crippen LogP contribution is 2.05. The van der Waals surface area contributed by atoms with Crippen molar-refractivity contribution in [2.45, 2.75) is 32.7 Å². The van der Waals surface area contributed by atoms with Crippen LogP contribution in [0.4, 0.5) is 0 Å². The molecule has 0 fully saturated rings. The standard InChI is InChI=1S/C12H18N2O2/c1-2-10-5-3-8-14-11(10)9-13-7-4-6-12(15)16/h3,5,8,13H,2,4,6-7,9H2,1H3,(H,15,16). The maximum absolute atomic E-state index is 10.3. The number of carboxylic acids is 1. The highest BCUT2D eigenvalue weighted by atomic mass is 16.4. The monoisotopic (exact) mass is 222 g/mol. The molecule has 16 heavy (non-hydrogen) atoms. The average Bonchev–Trinajstić information content (AvgIpc) is 2.29. The quantitative estimate of drug-likeness (QED) is 0.688. The SMILES string of the molecule is CCc1cccnc1CNCCCC(=O)O. The molecule has 1 rings (SSSR count). The van der Waals surface area contributed by atoms with E-state index in [0.29, 0.717) is 19.5 Å². The zero-order valence-electron chi connectivity index (χ0n) is 9.57. The van der Waals surface area contributed by atoms with Crippen molar-refractivity contribution in [2.75, 3.05) is 6.54 Å². The van der Waals surface area contributed by atoms with Gasteiger partial charge in [0.15, 0.2) is 0 Å². The fourth-order valence-corrected chi connectivity index (χ4v) is 1.52. The molecular weight excluding hydrogens is 204 g/mol. The van der Waals surface area contributed by atoms with E-state index in [9.17, 15) is 4.79 Å². The molecule has 0 aliphatic rings. The number of aryl methyl sites for hydroxylation is 1. The van der Waals surface area contributed by atoms with E-state index in [1.807, 2.05) is 6.07 Å². The highest BCUT2D eigenvalue weighted by Gasteiger charge is 2.01. The lowest BCUT2D eigenvalue weighted by molar-refractivity contribution is -0.137. The molecule has 0 aliphatic carbocycles. The van der Waals surface area contributed by atoms with Crippen LogP contribution in [0, 0.1) is 0 Å². The summed E-state index contributed by atoms with van der Waals surface area (Å²) in [7, 11) is 0. The van der Waals surface area contributed by atoms with Crippen LogP contribution >= 0.6 is 0 Å². The molecule has 0 aliphatic heterocycles. The Labute approximate surface area is 95.7 Å². The Kier molecular flexibility index (Phi) is 5.50. The third kappa shape index (κ3) is 4.40. The molecule has 4 nitrogen and oxygen atoms in total. The molecule has 0 spiro atoms. The molecule has 1 heterocycles. The second-order valence-corrected chi connectivity index (χ2v) is 3.64. The largest absolute Gasteiger partial charge is 0.481 e. The van der Waals surface area contributed by atoms with Crippen molar-refractivity contribution < 1.29 is 9.90 Å². The minimum absolute atomic E-state index is 0.218. The first-order chi connectivity index (χ1) is 7.74. The Morgan fingerprint density at radius 1 is 1.56 bits per heavy atom. The Balaban J connectivity index is 2.28. The molecular formula is C12H18N2O2. The van der Waals surface area contributed by atoms with Crippen LogP contribution in [0.1, 0.15) is 31.0 Å². The third-order valence-electron chi connectivity index (χ3n) is 2.40. The molecule has 0 bridgehead atoms. The van der Waals surface area contributed by atoms with Crippen LogP contribution in [0.5, 0.6) is 0 Å². The van der Waals surface area contributed by atoms with Gasteiger partial charge in [0.2, 0.25) is 0 Å². The van der Waals surface area contributed by atoms with Crippen molar-refractivity contribution in [3.63, 3.8) is 0 Å². The van der Waals surface area contributed by atoms with Gasteiger partial charge in [0.05, 0.1) is 5.69 Å². The maximum Gasteiger partial charge on any atom is 0.303 e. The lowest BCUT2D eigenvalue weighted by Gasteiger charge is -2.07. The molecule has 88 valence electrons. The Hall–Kier alpha value is -1.42. The summed E-state index contributed by atoms with van der Waals surface area (Å²) < 4.78 is 0. The van der Waals surface area contributed by atoms with Gasteiger partial charge in [-0.05, 0) is 31.0 Å². The first-order valence-corrected chi connectivity index (χ1v) is 5.59. The highest BCUT2D eigenvalue weighted by molar-refractivity contribution is 5.66. The molecule has 0 aromatic carbocycles. The van der Waals surface area contributed by atoms with E-state index < -0.39 is 5.97 Å². The van der Waals surface area contributed by atoms with Gasteiger partial charge in [-0.15, -0.1) is 0 Å². The summed E-state index contributed by atoms with van der Waals surface area (Å²) in [4.78, 5) is 14.6. The van der Waals surface area contributed by atoms with Gasteiger partial charge in [-0.3, -0.25) is 9.78 Å². The van der Waals surface area contributed by atoms with Crippen molar-refractivity contribution in [3.05, 3.63) is 29.6 Å². The van der Waals surface area contributed by atoms with E-state index in [1.165, 1.54) is 5.56 Å². The van der Waals surface area contributed by atoms with Crippen LogP contribution in [0.15, 0.2) is 18.3 Å². The summed E-state index contributed by atoms with van der Waals surface area (Å²) in [5, 5.41) is 11.7. The molecule has 4 heteroatoms. The number of aromatic nitrogens is 1. The lowest BCUT2D eigenvalue weighted by Crippen LogP contribution is -2.17. The molecule has 0 saturated heterocycles. The normalized spacial score (nSPS) is 10.3. The van der Waals surface area contributed by atoms with Gasteiger partial charge in [-0.1, -0.05) is 13.0 Å². The van der Waals surface area contributed by atoms with Crippen LogP contribution in [0.2, 0.25) is 0 Å². The minimum atomic E-state index is -0.742. The summed E-state index contributed by atoms with van der Waals surface area (Å²) >= 11 is 0. The van der Waals surface area contributed by atoms with E-state index in [2.05, 4.69) is 23.3 Å². The van der Waals surface area contributed by atoms with Gasteiger partial charge in [0, 0.05) is 19.2 Å². The summed E-state index contributed by atoms with van der Waals surface area (Å²) in [6.45, 7) is 3.53. The van der Waals surface area contributed by atoms with Gasteiger partial charge in [-0.25, -0.2) is 0 Å². The van der Waals surface area contributed by atoms with Crippen molar-refractivity contribution in [2.24, 2.45) is 0 Å². The molecule has 0 radical (unpaired) electrons. The Morgan fingerprint density at radius 3 is 3.06 bits per heavy atom. The summed E-state index contributed by atoms with van der Waals surface area (Å²) in [5.41, 5.74) is 2.30. The van der Waals surface area contributed by atoms with Gasteiger partial charge in [0.1, 0.15) is 0 Å². The van der Waals surface area contributed by atoms with Crippen LogP contribution in [-0.4, -0.2) is 22.6 Å². The van der Waals surface area contributed by atoms with E-state index >= 15 is 0 Å². The molecule has 0 amide bonds. The fraction of sp³-hybridized carbons (Fsp3) is 0.500. The number of carboxylic acid groups (broad SMARTS) is 1. The van der Waals surface area contributed by atoms with E-state index in [4.69, 9.17) is 5.11 Å². The zero-order valence-corrected chi connectivity index (χ0v) is 9.57. The molecule has 0 atom stereocenters. The summed E-state index contributed by atoms with van der Waals surface area (Å²) in [6, 6.07) is 4.01. The number of nitrogens with zero attached hydrogens (tertiary/aromatic N) is 1. The first-order valence-electron chi connectivity index (χ1n) is 5.59. The second kappa shape index (κ2) is 6.95. The Bertz CT molecular complexity index is 340. The average molecular weight is 222 g/mol. The van der Waals surface area contributed by atoms with Gasteiger partial charge >= 0.3 is 5.97 Å². The lowest BCUT2D eigenvalue weighted by atomic mass is 10.1. The number of nitrogens with one attached hydrogen (secondary N) is 1. The molecule has 2 N–H and O–H groups in total. The number of hydrogen-bond acceptors (Lipinski definition) is 3. The van der Waals surface area contributed by atoms with Crippen molar-refractivity contribution in [1.82, 2.24) is 10.3 Å². The van der Waals surface area contributed by atoms with Crippen LogP contribution in [-0.2, 0) is 17.8 Å². The van der Waals surface area contributed by atoms with Gasteiger partial charge in [-0.2, -0.15) is 0 Å². The third-order valence-corrected chi connectivity index (χ3v) is 2.40. The summed E-state index contributed by atoms with van der Waals surface area (Å²) in [6.07, 6.45) is 3.63. The second-order valence-electron chi connectivity index (χ2n) is 3.64. The predicted molar refractivity (Wildman–Crippen MR) is 62.2 cm³/mol.